The minimum atomic E-state index is -0.409. The van der Waals surface area contributed by atoms with Crippen LogP contribution < -0.4 is 20.4 Å². The summed E-state index contributed by atoms with van der Waals surface area (Å²) in [6, 6.07) is 17.1. The number of rotatable bonds is 6. The number of para-hydroxylation sites is 1. The third-order valence-electron chi connectivity index (χ3n) is 4.33. The van der Waals surface area contributed by atoms with Crippen molar-refractivity contribution in [2.45, 2.75) is 19.8 Å². The van der Waals surface area contributed by atoms with Crippen molar-refractivity contribution >= 4 is 22.4 Å². The van der Waals surface area contributed by atoms with E-state index in [1.165, 1.54) is 4.52 Å². The first-order valence-electron chi connectivity index (χ1n) is 9.36. The Bertz CT molecular complexity index is 1310. The first-order valence-corrected chi connectivity index (χ1v) is 10.2. The van der Waals surface area contributed by atoms with Gasteiger partial charge < -0.3 is 4.74 Å². The molecule has 0 unspecified atom stereocenters. The van der Waals surface area contributed by atoms with E-state index in [1.54, 1.807) is 6.08 Å². The average molecular weight is 405 g/mol. The lowest BCUT2D eigenvalue weighted by Gasteiger charge is -2.07. The lowest BCUT2D eigenvalue weighted by molar-refractivity contribution is 0.317. The van der Waals surface area contributed by atoms with Gasteiger partial charge in [-0.1, -0.05) is 66.8 Å². The quantitative estimate of drug-likeness (QED) is 0.493. The fourth-order valence-corrected chi connectivity index (χ4v) is 3.82. The van der Waals surface area contributed by atoms with E-state index in [1.807, 2.05) is 61.5 Å². The Kier molecular flexibility index (Phi) is 5.48. The molecule has 0 aliphatic heterocycles. The van der Waals surface area contributed by atoms with Crippen molar-refractivity contribution in [1.29, 1.82) is 0 Å². The van der Waals surface area contributed by atoms with Crippen LogP contribution in [0.1, 0.15) is 30.2 Å². The predicted octanol–water partition coefficient (Wildman–Crippen LogP) is 2.44. The average Bonchev–Trinajstić information content (AvgIpc) is 3.03. The Morgan fingerprint density at radius 3 is 2.62 bits per heavy atom. The van der Waals surface area contributed by atoms with E-state index in [9.17, 15) is 9.59 Å². The molecule has 0 aliphatic carbocycles. The molecular weight excluding hydrogens is 386 g/mol. The molecule has 0 atom stereocenters. The maximum Gasteiger partial charge on any atom is 0.296 e. The molecule has 0 bridgehead atoms. The highest BCUT2D eigenvalue weighted by molar-refractivity contribution is 7.15. The summed E-state index contributed by atoms with van der Waals surface area (Å²) in [4.78, 5) is 29.6. The van der Waals surface area contributed by atoms with Gasteiger partial charge in [0.1, 0.15) is 11.4 Å². The van der Waals surface area contributed by atoms with E-state index in [-0.39, 0.29) is 16.2 Å². The minimum absolute atomic E-state index is 0.252. The third kappa shape index (κ3) is 4.09. The van der Waals surface area contributed by atoms with Crippen LogP contribution in [0.2, 0.25) is 0 Å². The van der Waals surface area contributed by atoms with Crippen molar-refractivity contribution in [3.63, 3.8) is 0 Å². The van der Waals surface area contributed by atoms with Crippen LogP contribution in [0.4, 0.5) is 0 Å². The van der Waals surface area contributed by atoms with Crippen molar-refractivity contribution in [3.8, 4) is 5.75 Å². The van der Waals surface area contributed by atoms with Crippen LogP contribution in [0.3, 0.4) is 0 Å². The van der Waals surface area contributed by atoms with Crippen molar-refractivity contribution in [1.82, 2.24) is 14.6 Å². The molecular formula is C22H19N3O3S. The zero-order chi connectivity index (χ0) is 20.2. The van der Waals surface area contributed by atoms with E-state index in [4.69, 9.17) is 4.74 Å². The lowest BCUT2D eigenvalue weighted by Crippen LogP contribution is -2.28. The van der Waals surface area contributed by atoms with E-state index >= 15 is 0 Å². The molecule has 0 N–H and O–H groups in total. The Balaban J connectivity index is 1.78. The van der Waals surface area contributed by atoms with Gasteiger partial charge in [0.2, 0.25) is 4.96 Å². The Morgan fingerprint density at radius 2 is 1.83 bits per heavy atom. The Labute approximate surface area is 170 Å². The first kappa shape index (κ1) is 19.0. The van der Waals surface area contributed by atoms with Crippen molar-refractivity contribution in [3.05, 3.63) is 96.7 Å². The number of fused-ring (bicyclic) bond motifs is 1. The highest BCUT2D eigenvalue weighted by Crippen LogP contribution is 2.19. The molecule has 0 fully saturated rings. The second-order valence-electron chi connectivity index (χ2n) is 6.52. The number of aromatic nitrogens is 3. The maximum atomic E-state index is 12.9. The molecule has 2 heterocycles. The monoisotopic (exact) mass is 405 g/mol. The molecule has 0 radical (unpaired) electrons. The molecule has 0 saturated heterocycles. The molecule has 0 aliphatic rings. The summed E-state index contributed by atoms with van der Waals surface area (Å²) >= 11 is 1.15. The first-order chi connectivity index (χ1) is 14.2. The number of nitrogens with zero attached hydrogens (tertiary/aromatic N) is 3. The van der Waals surface area contributed by atoms with Crippen LogP contribution in [0.5, 0.6) is 5.75 Å². The summed E-state index contributed by atoms with van der Waals surface area (Å²) in [5, 5.41) is 4.29. The molecule has 4 rings (SSSR count). The van der Waals surface area contributed by atoms with Gasteiger partial charge in [-0.25, -0.2) is 0 Å². The number of thiazole rings is 1. The second kappa shape index (κ2) is 8.36. The largest absolute Gasteiger partial charge is 0.493 e. The predicted molar refractivity (Wildman–Crippen MR) is 114 cm³/mol. The number of ether oxygens (including phenoxy) is 1. The second-order valence-corrected chi connectivity index (χ2v) is 7.53. The zero-order valence-electron chi connectivity index (χ0n) is 15.9. The van der Waals surface area contributed by atoms with E-state index < -0.39 is 5.56 Å². The molecule has 7 heteroatoms. The number of hydrogen-bond donors (Lipinski definition) is 0. The van der Waals surface area contributed by atoms with Gasteiger partial charge in [-0.15, -0.1) is 0 Å². The van der Waals surface area contributed by atoms with Crippen molar-refractivity contribution < 1.29 is 4.74 Å². The Morgan fingerprint density at radius 1 is 1.07 bits per heavy atom. The molecule has 0 spiro atoms. The molecule has 29 heavy (non-hydrogen) atoms. The normalized spacial score (nSPS) is 11.8. The van der Waals surface area contributed by atoms with Gasteiger partial charge in [-0.2, -0.15) is 14.6 Å². The van der Waals surface area contributed by atoms with Crippen LogP contribution in [-0.4, -0.2) is 21.2 Å². The van der Waals surface area contributed by atoms with Crippen LogP contribution in [0.25, 0.3) is 11.0 Å². The molecule has 146 valence electrons. The minimum Gasteiger partial charge on any atom is -0.493 e. The summed E-state index contributed by atoms with van der Waals surface area (Å²) in [5.74, 6) is 0.714. The van der Waals surface area contributed by atoms with E-state index in [0.717, 1.165) is 28.9 Å². The van der Waals surface area contributed by atoms with Crippen LogP contribution >= 0.6 is 11.3 Å². The molecule has 0 amide bonds. The fraction of sp³-hybridized carbons (Fsp3) is 0.182. The maximum absolute atomic E-state index is 12.9. The highest BCUT2D eigenvalue weighted by Gasteiger charge is 2.12. The van der Waals surface area contributed by atoms with Gasteiger partial charge in [-0.05, 0) is 24.1 Å². The molecule has 2 aromatic heterocycles. The van der Waals surface area contributed by atoms with Gasteiger partial charge in [-0.3, -0.25) is 9.59 Å². The van der Waals surface area contributed by atoms with Gasteiger partial charge in [0.15, 0.2) is 0 Å². The fourth-order valence-electron chi connectivity index (χ4n) is 2.93. The summed E-state index contributed by atoms with van der Waals surface area (Å²) in [7, 11) is 0. The van der Waals surface area contributed by atoms with Gasteiger partial charge in [0, 0.05) is 12.0 Å². The van der Waals surface area contributed by atoms with E-state index in [0.29, 0.717) is 23.3 Å². The molecule has 0 saturated carbocycles. The van der Waals surface area contributed by atoms with E-state index in [2.05, 4.69) is 10.1 Å². The zero-order valence-corrected chi connectivity index (χ0v) is 16.7. The van der Waals surface area contributed by atoms with Crippen molar-refractivity contribution in [2.75, 3.05) is 6.61 Å². The summed E-state index contributed by atoms with van der Waals surface area (Å²) in [5.41, 5.74) is 1.29. The van der Waals surface area contributed by atoms with Crippen LogP contribution in [0.15, 0.2) is 64.2 Å². The van der Waals surface area contributed by atoms with Gasteiger partial charge in [0.25, 0.3) is 11.1 Å². The number of benzene rings is 2. The molecule has 2 aromatic carbocycles. The smallest absolute Gasteiger partial charge is 0.296 e. The summed E-state index contributed by atoms with van der Waals surface area (Å²) in [6.07, 6.45) is 2.98. The summed E-state index contributed by atoms with van der Waals surface area (Å²) in [6.45, 7) is 2.64. The highest BCUT2D eigenvalue weighted by atomic mass is 32.1. The van der Waals surface area contributed by atoms with Crippen LogP contribution in [0, 0.1) is 0 Å². The van der Waals surface area contributed by atoms with Gasteiger partial charge >= 0.3 is 0 Å². The number of hydrogen-bond acceptors (Lipinski definition) is 6. The standard InChI is InChI=1S/C22H19N3O3S/c1-2-12-28-18-11-7-6-10-16(18)14-19-21(27)25-22(29-19)23-20(26)17(24-25)13-15-8-4-3-5-9-15/h3-11,14H,2,12-13H2,1H3/b19-14+. The van der Waals surface area contributed by atoms with Crippen molar-refractivity contribution in [2.24, 2.45) is 0 Å². The Hall–Kier alpha value is -3.32. The molecule has 6 nitrogen and oxygen atoms in total. The molecule has 4 aromatic rings. The topological polar surface area (TPSA) is 73.6 Å². The third-order valence-corrected chi connectivity index (χ3v) is 5.29. The summed E-state index contributed by atoms with van der Waals surface area (Å²) < 4.78 is 7.43. The van der Waals surface area contributed by atoms with Crippen LogP contribution in [-0.2, 0) is 6.42 Å². The van der Waals surface area contributed by atoms with Gasteiger partial charge in [0.05, 0.1) is 11.1 Å². The lowest BCUT2D eigenvalue weighted by atomic mass is 10.1. The SMILES string of the molecule is CCCOc1ccccc1/C=c1/sc2nc(=O)c(Cc3ccccc3)nn2c1=O.